The Morgan fingerprint density at radius 2 is 1.62 bits per heavy atom. The van der Waals surface area contributed by atoms with Crippen LogP contribution in [0.15, 0.2) is 94.3 Å². The van der Waals surface area contributed by atoms with E-state index in [9.17, 15) is 0 Å². The largest absolute Gasteiger partial charge is 0.276 e. The van der Waals surface area contributed by atoms with Crippen molar-refractivity contribution in [2.75, 3.05) is 5.43 Å². The molecule has 1 aromatic heterocycles. The molecule has 0 bridgehead atoms. The van der Waals surface area contributed by atoms with Gasteiger partial charge >= 0.3 is 0 Å². The van der Waals surface area contributed by atoms with Crippen LogP contribution < -0.4 is 5.43 Å². The Morgan fingerprint density at radius 1 is 0.875 bits per heavy atom. The van der Waals surface area contributed by atoms with E-state index in [0.29, 0.717) is 16.7 Å². The molecule has 0 aliphatic carbocycles. The van der Waals surface area contributed by atoms with Gasteiger partial charge in [-0.05, 0) is 36.4 Å². The molecule has 0 aliphatic rings. The van der Waals surface area contributed by atoms with Crippen molar-refractivity contribution < 1.29 is 0 Å². The van der Waals surface area contributed by atoms with Crippen LogP contribution in [0.2, 0.25) is 5.02 Å². The third kappa shape index (κ3) is 4.47. The molecule has 1 heterocycles. The van der Waals surface area contributed by atoms with Gasteiger partial charge in [0.1, 0.15) is 0 Å². The first-order valence-corrected chi connectivity index (χ1v) is 7.66. The second kappa shape index (κ2) is 7.99. The maximum Gasteiger partial charge on any atom is 0.201 e. The molecule has 0 saturated carbocycles. The lowest BCUT2D eigenvalue weighted by Gasteiger charge is -2.03. The molecule has 3 aromatic rings. The lowest BCUT2D eigenvalue weighted by Crippen LogP contribution is -2.01. The number of azo groups is 1. The Morgan fingerprint density at radius 3 is 2.33 bits per heavy atom. The van der Waals surface area contributed by atoms with Crippen molar-refractivity contribution in [3.63, 3.8) is 0 Å². The van der Waals surface area contributed by atoms with Crippen LogP contribution >= 0.6 is 11.6 Å². The summed E-state index contributed by atoms with van der Waals surface area (Å²) in [6.07, 6.45) is 1.67. The van der Waals surface area contributed by atoms with E-state index in [1.807, 2.05) is 54.6 Å². The molecule has 0 atom stereocenters. The van der Waals surface area contributed by atoms with Gasteiger partial charge in [0.15, 0.2) is 5.82 Å². The Hall–Kier alpha value is -3.05. The van der Waals surface area contributed by atoms with Crippen molar-refractivity contribution in [3.8, 4) is 0 Å². The van der Waals surface area contributed by atoms with Crippen LogP contribution in [0.4, 0.5) is 11.5 Å². The summed E-state index contributed by atoms with van der Waals surface area (Å²) >= 11 is 5.88. The fraction of sp³-hybridized carbons (Fsp3) is 0. The van der Waals surface area contributed by atoms with E-state index in [-0.39, 0.29) is 0 Å². The summed E-state index contributed by atoms with van der Waals surface area (Å²) in [7, 11) is 0. The molecule has 0 aliphatic heterocycles. The molecule has 6 heteroatoms. The summed E-state index contributed by atoms with van der Waals surface area (Å²) in [5.41, 5.74) is 4.61. The predicted molar refractivity (Wildman–Crippen MR) is 96.8 cm³/mol. The Kier molecular flexibility index (Phi) is 5.27. The highest BCUT2D eigenvalue weighted by molar-refractivity contribution is 6.30. The molecule has 3 rings (SSSR count). The van der Waals surface area contributed by atoms with Gasteiger partial charge in [-0.2, -0.15) is 5.10 Å². The van der Waals surface area contributed by atoms with Gasteiger partial charge in [-0.25, -0.2) is 4.98 Å². The molecule has 0 amide bonds. The molecule has 5 nitrogen and oxygen atoms in total. The first kappa shape index (κ1) is 15.8. The van der Waals surface area contributed by atoms with E-state index < -0.39 is 0 Å². The van der Waals surface area contributed by atoms with E-state index in [0.717, 1.165) is 11.3 Å². The molecule has 0 fully saturated rings. The van der Waals surface area contributed by atoms with Crippen LogP contribution in [0.25, 0.3) is 0 Å². The van der Waals surface area contributed by atoms with Gasteiger partial charge in [0.2, 0.25) is 5.84 Å². The molecule has 0 radical (unpaired) electrons. The molecule has 118 valence electrons. The number of nitrogens with zero attached hydrogens (tertiary/aromatic N) is 4. The first-order valence-electron chi connectivity index (χ1n) is 7.29. The summed E-state index contributed by atoms with van der Waals surface area (Å²) in [6, 6.07) is 22.3. The number of amidine groups is 1. The third-order valence-electron chi connectivity index (χ3n) is 3.06. The molecule has 24 heavy (non-hydrogen) atoms. The zero-order valence-corrected chi connectivity index (χ0v) is 13.4. The summed E-state index contributed by atoms with van der Waals surface area (Å²) in [6.45, 7) is 0. The van der Waals surface area contributed by atoms with Crippen LogP contribution in [-0.2, 0) is 0 Å². The molecule has 0 unspecified atom stereocenters. The number of halogens is 1. The van der Waals surface area contributed by atoms with Gasteiger partial charge in [-0.3, -0.25) is 5.43 Å². The normalized spacial score (nSPS) is 11.6. The highest BCUT2D eigenvalue weighted by Gasteiger charge is 2.02. The maximum absolute atomic E-state index is 5.88. The number of pyridine rings is 1. The lowest BCUT2D eigenvalue weighted by atomic mass is 10.2. The van der Waals surface area contributed by atoms with Crippen LogP contribution in [0, 0.1) is 0 Å². The minimum atomic E-state index is 0.455. The standard InChI is InChI=1S/C18H14ClN5/c19-15-9-11-16(12-10-15)21-23-18(14-6-2-1-3-7-14)24-22-17-8-4-5-13-20-17/h1-13,21H. The highest BCUT2D eigenvalue weighted by atomic mass is 35.5. The minimum Gasteiger partial charge on any atom is -0.276 e. The maximum atomic E-state index is 5.88. The third-order valence-corrected chi connectivity index (χ3v) is 3.32. The van der Waals surface area contributed by atoms with Crippen molar-refractivity contribution >= 4 is 28.9 Å². The van der Waals surface area contributed by atoms with Crippen LogP contribution in [0.5, 0.6) is 0 Å². The molecule has 1 N–H and O–H groups in total. The molecular formula is C18H14ClN5. The molecule has 0 saturated heterocycles. The number of anilines is 1. The molecular weight excluding hydrogens is 322 g/mol. The smallest absolute Gasteiger partial charge is 0.201 e. The summed E-state index contributed by atoms with van der Waals surface area (Å²) in [5.74, 6) is 0.976. The number of rotatable bonds is 4. The van der Waals surface area contributed by atoms with Crippen molar-refractivity contribution in [1.29, 1.82) is 0 Å². The van der Waals surface area contributed by atoms with Gasteiger partial charge in [-0.1, -0.05) is 48.0 Å². The van der Waals surface area contributed by atoms with E-state index in [4.69, 9.17) is 11.6 Å². The van der Waals surface area contributed by atoms with E-state index in [2.05, 4.69) is 25.7 Å². The van der Waals surface area contributed by atoms with E-state index >= 15 is 0 Å². The fourth-order valence-corrected chi connectivity index (χ4v) is 2.01. The zero-order chi connectivity index (χ0) is 16.6. The van der Waals surface area contributed by atoms with Crippen molar-refractivity contribution in [2.45, 2.75) is 0 Å². The Bertz CT molecular complexity index is 830. The molecule has 0 spiro atoms. The summed E-state index contributed by atoms with van der Waals surface area (Å²) < 4.78 is 0. The average molecular weight is 336 g/mol. The average Bonchev–Trinajstić information content (AvgIpc) is 2.65. The van der Waals surface area contributed by atoms with Gasteiger partial charge in [0.05, 0.1) is 5.69 Å². The van der Waals surface area contributed by atoms with Crippen molar-refractivity contribution in [2.24, 2.45) is 15.3 Å². The first-order chi connectivity index (χ1) is 11.8. The van der Waals surface area contributed by atoms with Crippen molar-refractivity contribution in [1.82, 2.24) is 4.98 Å². The van der Waals surface area contributed by atoms with Crippen LogP contribution in [0.1, 0.15) is 5.56 Å². The SMILES string of the molecule is Clc1ccc(NN=C(N=Nc2ccccn2)c2ccccc2)cc1. The predicted octanol–water partition coefficient (Wildman–Crippen LogP) is 5.29. The minimum absolute atomic E-state index is 0.455. The number of hydrogen-bond donors (Lipinski definition) is 1. The number of benzene rings is 2. The Labute approximate surface area is 144 Å². The summed E-state index contributed by atoms with van der Waals surface area (Å²) in [5, 5.41) is 13.4. The highest BCUT2D eigenvalue weighted by Crippen LogP contribution is 2.14. The molecule has 2 aromatic carbocycles. The topological polar surface area (TPSA) is 62.0 Å². The van der Waals surface area contributed by atoms with E-state index in [1.54, 1.807) is 24.4 Å². The van der Waals surface area contributed by atoms with Gasteiger partial charge in [0.25, 0.3) is 0 Å². The number of nitrogens with one attached hydrogen (secondary N) is 1. The van der Waals surface area contributed by atoms with Gasteiger partial charge in [0, 0.05) is 16.8 Å². The van der Waals surface area contributed by atoms with Crippen molar-refractivity contribution in [3.05, 3.63) is 89.6 Å². The zero-order valence-electron chi connectivity index (χ0n) is 12.7. The number of hydrogen-bond acceptors (Lipinski definition) is 4. The quantitative estimate of drug-likeness (QED) is 0.304. The van der Waals surface area contributed by atoms with Gasteiger partial charge < -0.3 is 0 Å². The Balaban J connectivity index is 1.86. The lowest BCUT2D eigenvalue weighted by molar-refractivity contribution is 1.16. The van der Waals surface area contributed by atoms with Crippen LogP contribution in [0.3, 0.4) is 0 Å². The van der Waals surface area contributed by atoms with Crippen LogP contribution in [-0.4, -0.2) is 10.8 Å². The van der Waals surface area contributed by atoms with Gasteiger partial charge in [-0.15, -0.1) is 10.2 Å². The second-order valence-electron chi connectivity index (χ2n) is 4.81. The fourth-order valence-electron chi connectivity index (χ4n) is 1.89. The number of hydrazone groups is 1. The number of aromatic nitrogens is 1. The monoisotopic (exact) mass is 335 g/mol. The second-order valence-corrected chi connectivity index (χ2v) is 5.24. The van der Waals surface area contributed by atoms with E-state index in [1.165, 1.54) is 0 Å². The summed E-state index contributed by atoms with van der Waals surface area (Å²) in [4.78, 5) is 4.12.